The Balaban J connectivity index is 2.32. The highest BCUT2D eigenvalue weighted by Gasteiger charge is 2.18. The molecule has 0 aromatic heterocycles. The summed E-state index contributed by atoms with van der Waals surface area (Å²) < 4.78 is 4.66. The summed E-state index contributed by atoms with van der Waals surface area (Å²) in [5, 5.41) is 0. The maximum absolute atomic E-state index is 12.0. The molecule has 0 aliphatic heterocycles. The summed E-state index contributed by atoms with van der Waals surface area (Å²) in [7, 11) is 3.08. The van der Waals surface area contributed by atoms with Crippen molar-refractivity contribution in [1.29, 1.82) is 0 Å². The van der Waals surface area contributed by atoms with Crippen molar-refractivity contribution in [3.8, 4) is 0 Å². The number of rotatable bonds is 7. The fourth-order valence-corrected chi connectivity index (χ4v) is 2.76. The smallest absolute Gasteiger partial charge is 0.310 e. The second-order valence-corrected chi connectivity index (χ2v) is 6.16. The van der Waals surface area contributed by atoms with Crippen LogP contribution < -0.4 is 0 Å². The van der Waals surface area contributed by atoms with Gasteiger partial charge in [0.1, 0.15) is 0 Å². The molecular weight excluding hydrogens is 286 g/mol. The Labute approximate surface area is 130 Å². The van der Waals surface area contributed by atoms with Gasteiger partial charge >= 0.3 is 5.97 Å². The third-order valence-electron chi connectivity index (χ3n) is 3.19. The number of thioether (sulfide) groups is 1. The highest BCUT2D eigenvalue weighted by Crippen LogP contribution is 2.13. The van der Waals surface area contributed by atoms with Crippen LogP contribution in [0, 0.1) is 12.8 Å². The third-order valence-corrected chi connectivity index (χ3v) is 4.18. The van der Waals surface area contributed by atoms with Crippen molar-refractivity contribution >= 4 is 23.6 Å². The highest BCUT2D eigenvalue weighted by molar-refractivity contribution is 7.99. The number of methoxy groups -OCH3 is 1. The molecule has 0 spiro atoms. The molecule has 0 radical (unpaired) electrons. The number of aryl methyl sites for hydroxylation is 1. The number of nitrogens with zero attached hydrogens (tertiary/aromatic N) is 1. The lowest BCUT2D eigenvalue weighted by Gasteiger charge is -2.20. The van der Waals surface area contributed by atoms with Crippen LogP contribution in [-0.2, 0) is 20.1 Å². The summed E-state index contributed by atoms with van der Waals surface area (Å²) in [6, 6.07) is 8.30. The molecule has 0 heterocycles. The van der Waals surface area contributed by atoms with E-state index in [-0.39, 0.29) is 17.8 Å². The number of amides is 1. The van der Waals surface area contributed by atoms with Crippen molar-refractivity contribution in [1.82, 2.24) is 4.90 Å². The molecule has 0 aliphatic carbocycles. The zero-order valence-corrected chi connectivity index (χ0v) is 13.9. The number of carbonyl (C=O) groups is 2. The zero-order valence-electron chi connectivity index (χ0n) is 13.1. The molecule has 116 valence electrons. The lowest BCUT2D eigenvalue weighted by atomic mass is 10.2. The average Bonchev–Trinajstić information content (AvgIpc) is 2.48. The Bertz CT molecular complexity index is 473. The first kappa shape index (κ1) is 17.6. The summed E-state index contributed by atoms with van der Waals surface area (Å²) >= 11 is 1.58. The summed E-state index contributed by atoms with van der Waals surface area (Å²) in [5.41, 5.74) is 2.44. The molecular formula is C16H23NO3S. The topological polar surface area (TPSA) is 46.6 Å². The second kappa shape index (κ2) is 8.72. The standard InChI is InChI=1S/C16H23NO3S/c1-12-5-7-14(8-6-12)10-21-11-15(18)17(3)9-13(2)16(19)20-4/h5-8,13H,9-11H2,1-4H3. The first-order chi connectivity index (χ1) is 9.93. The van der Waals surface area contributed by atoms with Crippen LogP contribution in [-0.4, -0.2) is 43.2 Å². The first-order valence-electron chi connectivity index (χ1n) is 6.89. The number of hydrogen-bond donors (Lipinski definition) is 0. The van der Waals surface area contributed by atoms with Crippen molar-refractivity contribution < 1.29 is 14.3 Å². The molecule has 4 nitrogen and oxygen atoms in total. The van der Waals surface area contributed by atoms with E-state index in [0.717, 1.165) is 5.75 Å². The molecule has 0 saturated carbocycles. The molecule has 0 saturated heterocycles. The molecule has 1 aromatic rings. The predicted molar refractivity (Wildman–Crippen MR) is 86.2 cm³/mol. The quantitative estimate of drug-likeness (QED) is 0.726. The van der Waals surface area contributed by atoms with Crippen LogP contribution in [0.15, 0.2) is 24.3 Å². The minimum atomic E-state index is -0.300. The summed E-state index contributed by atoms with van der Waals surface area (Å²) in [4.78, 5) is 24.9. The maximum atomic E-state index is 12.0. The SMILES string of the molecule is COC(=O)C(C)CN(C)C(=O)CSCc1ccc(C)cc1. The van der Waals surface area contributed by atoms with Crippen LogP contribution in [0.3, 0.4) is 0 Å². The molecule has 1 unspecified atom stereocenters. The minimum absolute atomic E-state index is 0.0304. The largest absolute Gasteiger partial charge is 0.469 e. The first-order valence-corrected chi connectivity index (χ1v) is 8.04. The monoisotopic (exact) mass is 309 g/mol. The molecule has 0 bridgehead atoms. The van der Waals surface area contributed by atoms with Crippen molar-refractivity contribution in [2.24, 2.45) is 5.92 Å². The van der Waals surface area contributed by atoms with Crippen molar-refractivity contribution in [3.63, 3.8) is 0 Å². The van der Waals surface area contributed by atoms with E-state index in [1.54, 1.807) is 30.6 Å². The van der Waals surface area contributed by atoms with Crippen LogP contribution >= 0.6 is 11.8 Å². The van der Waals surface area contributed by atoms with Gasteiger partial charge in [-0.25, -0.2) is 0 Å². The van der Waals surface area contributed by atoms with Crippen molar-refractivity contribution in [2.75, 3.05) is 26.5 Å². The fourth-order valence-electron chi connectivity index (χ4n) is 1.84. The Morgan fingerprint density at radius 2 is 1.90 bits per heavy atom. The lowest BCUT2D eigenvalue weighted by Crippen LogP contribution is -2.35. The molecule has 21 heavy (non-hydrogen) atoms. The Morgan fingerprint density at radius 1 is 1.29 bits per heavy atom. The Kier molecular flexibility index (Phi) is 7.29. The van der Waals surface area contributed by atoms with Gasteiger partial charge in [0.2, 0.25) is 5.91 Å². The average molecular weight is 309 g/mol. The van der Waals surface area contributed by atoms with E-state index < -0.39 is 0 Å². The molecule has 0 fully saturated rings. The van der Waals surface area contributed by atoms with Gasteiger partial charge < -0.3 is 9.64 Å². The van der Waals surface area contributed by atoms with Crippen LogP contribution in [0.5, 0.6) is 0 Å². The second-order valence-electron chi connectivity index (χ2n) is 5.18. The molecule has 1 aromatic carbocycles. The maximum Gasteiger partial charge on any atom is 0.310 e. The molecule has 1 amide bonds. The van der Waals surface area contributed by atoms with E-state index in [1.165, 1.54) is 18.2 Å². The predicted octanol–water partition coefficient (Wildman–Crippen LogP) is 2.50. The third kappa shape index (κ3) is 6.21. The molecule has 0 N–H and O–H groups in total. The van der Waals surface area contributed by atoms with Crippen molar-refractivity contribution in [2.45, 2.75) is 19.6 Å². The fraction of sp³-hybridized carbons (Fsp3) is 0.500. The van der Waals surface area contributed by atoms with E-state index in [0.29, 0.717) is 12.3 Å². The van der Waals surface area contributed by atoms with E-state index >= 15 is 0 Å². The normalized spacial score (nSPS) is 11.8. The lowest BCUT2D eigenvalue weighted by molar-refractivity contribution is -0.145. The van der Waals surface area contributed by atoms with Gasteiger partial charge in [-0.1, -0.05) is 36.8 Å². The highest BCUT2D eigenvalue weighted by atomic mass is 32.2. The molecule has 1 rings (SSSR count). The number of ether oxygens (including phenoxy) is 1. The summed E-state index contributed by atoms with van der Waals surface area (Å²) in [5.74, 6) is 0.667. The van der Waals surface area contributed by atoms with Gasteiger partial charge in [0.15, 0.2) is 0 Å². The van der Waals surface area contributed by atoms with Gasteiger partial charge in [0.25, 0.3) is 0 Å². The van der Waals surface area contributed by atoms with E-state index in [4.69, 9.17) is 0 Å². The Hall–Kier alpha value is -1.49. The van der Waals surface area contributed by atoms with E-state index in [9.17, 15) is 9.59 Å². The van der Waals surface area contributed by atoms with E-state index in [2.05, 4.69) is 35.9 Å². The van der Waals surface area contributed by atoms with Crippen LogP contribution in [0.1, 0.15) is 18.1 Å². The van der Waals surface area contributed by atoms with Gasteiger partial charge in [-0.3, -0.25) is 9.59 Å². The van der Waals surface area contributed by atoms with Gasteiger partial charge in [-0.15, -0.1) is 11.8 Å². The number of hydrogen-bond acceptors (Lipinski definition) is 4. The van der Waals surface area contributed by atoms with Crippen LogP contribution in [0.2, 0.25) is 0 Å². The number of esters is 1. The van der Waals surface area contributed by atoms with Crippen LogP contribution in [0.4, 0.5) is 0 Å². The number of benzene rings is 1. The van der Waals surface area contributed by atoms with Gasteiger partial charge in [-0.05, 0) is 12.5 Å². The zero-order chi connectivity index (χ0) is 15.8. The van der Waals surface area contributed by atoms with Gasteiger partial charge in [0, 0.05) is 19.3 Å². The van der Waals surface area contributed by atoms with E-state index in [1.807, 2.05) is 0 Å². The van der Waals surface area contributed by atoms with Crippen LogP contribution in [0.25, 0.3) is 0 Å². The van der Waals surface area contributed by atoms with Gasteiger partial charge in [-0.2, -0.15) is 0 Å². The molecule has 5 heteroatoms. The summed E-state index contributed by atoms with van der Waals surface area (Å²) in [6.45, 7) is 4.20. The molecule has 0 aliphatic rings. The van der Waals surface area contributed by atoms with Crippen molar-refractivity contribution in [3.05, 3.63) is 35.4 Å². The summed E-state index contributed by atoms with van der Waals surface area (Å²) in [6.07, 6.45) is 0. The Morgan fingerprint density at radius 3 is 2.48 bits per heavy atom. The number of carbonyl (C=O) groups excluding carboxylic acids is 2. The molecule has 1 atom stereocenters. The van der Waals surface area contributed by atoms with Gasteiger partial charge in [0.05, 0.1) is 18.8 Å². The minimum Gasteiger partial charge on any atom is -0.469 e.